The molecule has 0 spiro atoms. The quantitative estimate of drug-likeness (QED) is 0.590. The van der Waals surface area contributed by atoms with Crippen molar-refractivity contribution in [3.05, 3.63) is 113 Å². The van der Waals surface area contributed by atoms with Crippen LogP contribution < -0.4 is 10.9 Å². The Morgan fingerprint density at radius 2 is 1.29 bits per heavy atom. The summed E-state index contributed by atoms with van der Waals surface area (Å²) in [6, 6.07) is 10.6. The smallest absolute Gasteiger partial charge is 0.0596 e. The van der Waals surface area contributed by atoms with Crippen LogP contribution in [0.5, 0.6) is 0 Å². The maximum Gasteiger partial charge on any atom is 0.0596 e. The average Bonchev–Trinajstić information content (AvgIpc) is 3.49. The highest BCUT2D eigenvalue weighted by Crippen LogP contribution is 2.34. The van der Waals surface area contributed by atoms with Gasteiger partial charge in [0, 0.05) is 18.7 Å². The predicted octanol–water partition coefficient (Wildman–Crippen LogP) is 5.81. The van der Waals surface area contributed by atoms with Crippen molar-refractivity contribution in [2.45, 2.75) is 51.6 Å². The number of hydrogen-bond donors (Lipinski definition) is 2. The minimum Gasteiger partial charge on any atom is -0.317 e. The molecular formula is C30H36N4. The molecule has 2 aliphatic heterocycles. The van der Waals surface area contributed by atoms with Gasteiger partial charge in [-0.3, -0.25) is 0 Å². The van der Waals surface area contributed by atoms with E-state index in [1.807, 2.05) is 0 Å². The van der Waals surface area contributed by atoms with Crippen LogP contribution in [0.25, 0.3) is 6.08 Å². The van der Waals surface area contributed by atoms with Gasteiger partial charge in [0.05, 0.1) is 22.5 Å². The fourth-order valence-corrected chi connectivity index (χ4v) is 5.41. The molecule has 2 heterocycles. The molecule has 0 radical (unpaired) electrons. The Hall–Kier alpha value is -3.08. The van der Waals surface area contributed by atoms with Crippen LogP contribution in [0, 0.1) is 0 Å². The fraction of sp³-hybridized carbons (Fsp3) is 0.333. The van der Waals surface area contributed by atoms with Crippen LogP contribution in [-0.2, 0) is 0 Å². The number of nitrogens with one attached hydrogen (secondary N) is 2. The molecular weight excluding hydrogens is 416 g/mol. The van der Waals surface area contributed by atoms with E-state index in [1.165, 1.54) is 22.3 Å². The van der Waals surface area contributed by atoms with Gasteiger partial charge in [-0.15, -0.1) is 0 Å². The Balaban J connectivity index is 1.40. The van der Waals surface area contributed by atoms with Crippen molar-refractivity contribution < 1.29 is 0 Å². The van der Waals surface area contributed by atoms with Gasteiger partial charge in [-0.2, -0.15) is 0 Å². The van der Waals surface area contributed by atoms with E-state index < -0.39 is 0 Å². The molecule has 34 heavy (non-hydrogen) atoms. The van der Waals surface area contributed by atoms with Crippen LogP contribution >= 0.6 is 0 Å². The monoisotopic (exact) mass is 452 g/mol. The number of benzene rings is 1. The lowest BCUT2D eigenvalue weighted by molar-refractivity contribution is 0.126. The molecule has 2 N–H and O–H groups in total. The van der Waals surface area contributed by atoms with E-state index in [0.717, 1.165) is 37.3 Å². The molecule has 4 heteroatoms. The molecule has 5 rings (SSSR count). The number of rotatable bonds is 5. The van der Waals surface area contributed by atoms with Crippen LogP contribution in [0.15, 0.2) is 107 Å². The van der Waals surface area contributed by atoms with E-state index in [2.05, 4.69) is 134 Å². The molecule has 4 aliphatic rings. The van der Waals surface area contributed by atoms with Gasteiger partial charge in [-0.05, 0) is 64.3 Å². The van der Waals surface area contributed by atoms with Gasteiger partial charge in [0.2, 0.25) is 0 Å². The maximum atomic E-state index is 3.76. The summed E-state index contributed by atoms with van der Waals surface area (Å²) in [7, 11) is 0. The molecule has 0 bridgehead atoms. The minimum atomic E-state index is -0.0390. The first kappa shape index (κ1) is 22.7. The number of hydrogen-bond acceptors (Lipinski definition) is 4. The summed E-state index contributed by atoms with van der Waals surface area (Å²) in [4.78, 5) is 0. The van der Waals surface area contributed by atoms with Crippen LogP contribution in [0.1, 0.15) is 46.1 Å². The van der Waals surface area contributed by atoms with Gasteiger partial charge in [-0.25, -0.2) is 10.0 Å². The van der Waals surface area contributed by atoms with E-state index in [9.17, 15) is 0 Å². The zero-order valence-electron chi connectivity index (χ0n) is 20.8. The third-order valence-electron chi connectivity index (χ3n) is 7.29. The summed E-state index contributed by atoms with van der Waals surface area (Å²) < 4.78 is 0. The number of hydrazine groups is 2. The Morgan fingerprint density at radius 1 is 0.794 bits per heavy atom. The number of allylic oxidation sites excluding steroid dienone is 4. The third-order valence-corrected chi connectivity index (χ3v) is 7.29. The van der Waals surface area contributed by atoms with Crippen molar-refractivity contribution in [3.63, 3.8) is 0 Å². The minimum absolute atomic E-state index is 0.0390. The molecule has 0 aromatic heterocycles. The van der Waals surface area contributed by atoms with E-state index in [0.29, 0.717) is 0 Å². The Kier molecular flexibility index (Phi) is 5.97. The van der Waals surface area contributed by atoms with Crippen LogP contribution in [0.2, 0.25) is 0 Å². The topological polar surface area (TPSA) is 30.5 Å². The highest BCUT2D eigenvalue weighted by atomic mass is 15.6. The molecule has 4 nitrogen and oxygen atoms in total. The van der Waals surface area contributed by atoms with Gasteiger partial charge in [-0.1, -0.05) is 77.9 Å². The predicted molar refractivity (Wildman–Crippen MR) is 142 cm³/mol. The third kappa shape index (κ3) is 4.48. The lowest BCUT2D eigenvalue weighted by Crippen LogP contribution is -2.51. The second kappa shape index (κ2) is 8.94. The van der Waals surface area contributed by atoms with Crippen molar-refractivity contribution in [2.75, 3.05) is 13.1 Å². The highest BCUT2D eigenvalue weighted by Gasteiger charge is 2.36. The zero-order valence-corrected chi connectivity index (χ0v) is 20.8. The maximum absolute atomic E-state index is 3.76. The molecule has 2 atom stereocenters. The zero-order chi connectivity index (χ0) is 23.8. The SMILES string of the molecule is CC1=CC(C)(N2CC=C(C(=Cc3ccccc3)C3=CCN(C4(C)C=C(C)C=CC4)N3)N2)CC=C1. The van der Waals surface area contributed by atoms with Crippen molar-refractivity contribution in [2.24, 2.45) is 0 Å². The van der Waals surface area contributed by atoms with Crippen molar-refractivity contribution in [3.8, 4) is 0 Å². The first-order valence-electron chi connectivity index (χ1n) is 12.3. The van der Waals surface area contributed by atoms with Gasteiger partial charge in [0.1, 0.15) is 0 Å². The summed E-state index contributed by atoms with van der Waals surface area (Å²) >= 11 is 0. The van der Waals surface area contributed by atoms with Crippen molar-refractivity contribution >= 4 is 6.08 Å². The lowest BCUT2D eigenvalue weighted by atomic mass is 9.90. The summed E-state index contributed by atoms with van der Waals surface area (Å²) in [6.45, 7) is 10.7. The van der Waals surface area contributed by atoms with Gasteiger partial charge in [0.15, 0.2) is 0 Å². The molecule has 176 valence electrons. The van der Waals surface area contributed by atoms with Gasteiger partial charge < -0.3 is 10.9 Å². The molecule has 1 aromatic rings. The fourth-order valence-electron chi connectivity index (χ4n) is 5.41. The van der Waals surface area contributed by atoms with Gasteiger partial charge >= 0.3 is 0 Å². The summed E-state index contributed by atoms with van der Waals surface area (Å²) in [6.07, 6.45) is 22.7. The molecule has 0 saturated carbocycles. The second-order valence-corrected chi connectivity index (χ2v) is 10.4. The Bertz CT molecular complexity index is 1090. The summed E-state index contributed by atoms with van der Waals surface area (Å²) in [5.41, 5.74) is 14.8. The molecule has 1 aromatic carbocycles. The molecule has 2 aliphatic carbocycles. The average molecular weight is 453 g/mol. The molecule has 0 saturated heterocycles. The van der Waals surface area contributed by atoms with E-state index >= 15 is 0 Å². The van der Waals surface area contributed by atoms with Crippen molar-refractivity contribution in [1.82, 2.24) is 20.9 Å². The molecule has 2 unspecified atom stereocenters. The molecule has 0 amide bonds. The van der Waals surface area contributed by atoms with E-state index in [4.69, 9.17) is 0 Å². The van der Waals surface area contributed by atoms with Crippen molar-refractivity contribution in [1.29, 1.82) is 0 Å². The standard InChI is InChI=1S/C30H36N4/c1-23-10-8-16-29(3,21-23)33-18-14-27(31-33)26(20-25-12-6-5-7-13-25)28-15-19-34(32-28)30(4)17-9-11-24(2)22-30/h5-15,20-22,31-32H,16-19H2,1-4H3. The number of nitrogens with zero attached hydrogens (tertiary/aromatic N) is 2. The molecule has 0 fully saturated rings. The first-order valence-corrected chi connectivity index (χ1v) is 12.3. The summed E-state index contributed by atoms with van der Waals surface area (Å²) in [5, 5.41) is 4.72. The second-order valence-electron chi connectivity index (χ2n) is 10.4. The van der Waals surface area contributed by atoms with Crippen LogP contribution in [0.4, 0.5) is 0 Å². The lowest BCUT2D eigenvalue weighted by Gasteiger charge is -2.39. The Morgan fingerprint density at radius 3 is 1.76 bits per heavy atom. The Labute approximate surface area is 204 Å². The van der Waals surface area contributed by atoms with Crippen LogP contribution in [-0.4, -0.2) is 34.2 Å². The van der Waals surface area contributed by atoms with E-state index in [1.54, 1.807) is 0 Å². The van der Waals surface area contributed by atoms with Gasteiger partial charge in [0.25, 0.3) is 0 Å². The highest BCUT2D eigenvalue weighted by molar-refractivity contribution is 5.65. The summed E-state index contributed by atoms with van der Waals surface area (Å²) in [5.74, 6) is 0. The normalized spacial score (nSPS) is 29.1. The first-order chi connectivity index (χ1) is 16.3. The van der Waals surface area contributed by atoms with E-state index in [-0.39, 0.29) is 11.1 Å². The van der Waals surface area contributed by atoms with Crippen LogP contribution in [0.3, 0.4) is 0 Å². The largest absolute Gasteiger partial charge is 0.317 e.